The minimum absolute atomic E-state index is 0.0273. The maximum Gasteiger partial charge on any atom is 0.133 e. The number of ether oxygens (including phenoxy) is 2. The summed E-state index contributed by atoms with van der Waals surface area (Å²) in [6.45, 7) is 8.03. The van der Waals surface area contributed by atoms with Gasteiger partial charge in [0, 0.05) is 48.5 Å². The molecule has 2 fully saturated rings. The lowest BCUT2D eigenvalue weighted by Gasteiger charge is -2.39. The second kappa shape index (κ2) is 13.9. The maximum absolute atomic E-state index is 5.65. The summed E-state index contributed by atoms with van der Waals surface area (Å²) in [5.74, 6) is 0. The van der Waals surface area contributed by atoms with Crippen molar-refractivity contribution in [2.24, 2.45) is 0 Å². The van der Waals surface area contributed by atoms with Crippen LogP contribution in [0, 0.1) is 0 Å². The molecule has 6 rings (SSSR count). The second-order valence-corrected chi connectivity index (χ2v) is 13.1. The molecule has 4 nitrogen and oxygen atoms in total. The molecule has 0 aromatic heterocycles. The van der Waals surface area contributed by atoms with E-state index in [2.05, 4.69) is 89.1 Å². The van der Waals surface area contributed by atoms with E-state index in [1.807, 2.05) is 7.11 Å². The van der Waals surface area contributed by atoms with Gasteiger partial charge < -0.3 is 19.7 Å². The number of rotatable bonds is 11. The number of para-hydroxylation sites is 1. The first-order valence-electron chi connectivity index (χ1n) is 16.9. The van der Waals surface area contributed by atoms with Crippen LogP contribution in [0.3, 0.4) is 0 Å². The Bertz CT molecular complexity index is 1510. The summed E-state index contributed by atoms with van der Waals surface area (Å²) >= 11 is 0. The van der Waals surface area contributed by atoms with Crippen molar-refractivity contribution in [1.29, 1.82) is 0 Å². The van der Waals surface area contributed by atoms with Crippen LogP contribution in [0.15, 0.2) is 96.7 Å². The molecule has 2 N–H and O–H groups in total. The highest BCUT2D eigenvalue weighted by Crippen LogP contribution is 2.57. The lowest BCUT2D eigenvalue weighted by molar-refractivity contribution is -0.574. The van der Waals surface area contributed by atoms with E-state index < -0.39 is 0 Å². The number of nitrogens with two attached hydrogens (primary N) is 1. The van der Waals surface area contributed by atoms with E-state index in [1.54, 1.807) is 7.11 Å². The van der Waals surface area contributed by atoms with Gasteiger partial charge >= 0.3 is 0 Å². The summed E-state index contributed by atoms with van der Waals surface area (Å²) < 4.78 is 11.0. The fourth-order valence-corrected chi connectivity index (χ4v) is 8.62. The normalized spacial score (nSPS) is 20.1. The number of fused-ring (bicyclic) bond motifs is 4. The van der Waals surface area contributed by atoms with Crippen molar-refractivity contribution >= 4 is 22.1 Å². The smallest absolute Gasteiger partial charge is 0.133 e. The Morgan fingerprint density at radius 2 is 1.55 bits per heavy atom. The van der Waals surface area contributed by atoms with Crippen LogP contribution >= 0.6 is 0 Å². The van der Waals surface area contributed by atoms with Gasteiger partial charge in [0.2, 0.25) is 0 Å². The number of anilines is 1. The molecule has 1 spiro atoms. The maximum atomic E-state index is 5.65. The number of hydrogen-bond acceptors (Lipinski definition) is 3. The van der Waals surface area contributed by atoms with Gasteiger partial charge in [-0.1, -0.05) is 106 Å². The van der Waals surface area contributed by atoms with Crippen LogP contribution in [-0.4, -0.2) is 40.5 Å². The van der Waals surface area contributed by atoms with Crippen molar-refractivity contribution in [3.63, 3.8) is 0 Å². The molecule has 0 unspecified atom stereocenters. The molecule has 3 aliphatic rings. The van der Waals surface area contributed by atoms with Crippen molar-refractivity contribution in [3.05, 3.63) is 108 Å². The number of benzene rings is 3. The fourth-order valence-electron chi connectivity index (χ4n) is 8.62. The molecule has 2 aliphatic carbocycles. The third-order valence-corrected chi connectivity index (χ3v) is 10.7. The predicted molar refractivity (Wildman–Crippen MR) is 184 cm³/mol. The van der Waals surface area contributed by atoms with E-state index in [0.717, 1.165) is 32.5 Å². The molecule has 232 valence electrons. The summed E-state index contributed by atoms with van der Waals surface area (Å²) in [5, 5.41) is 5.11. The predicted octanol–water partition coefficient (Wildman–Crippen LogP) is 8.25. The molecule has 0 bridgehead atoms. The molecule has 3 aromatic carbocycles. The number of nitrogens with zero attached hydrogens (tertiary/aromatic N) is 1. The monoisotopic (exact) mass is 591 g/mol. The summed E-state index contributed by atoms with van der Waals surface area (Å²) in [7, 11) is 3.60. The van der Waals surface area contributed by atoms with Gasteiger partial charge in [0.15, 0.2) is 0 Å². The van der Waals surface area contributed by atoms with E-state index in [4.69, 9.17) is 16.1 Å². The van der Waals surface area contributed by atoms with Gasteiger partial charge in [0.05, 0.1) is 13.2 Å². The molecule has 2 saturated carbocycles. The standard InChI is InChI=1S/C40H50N2O2/c1-31(39(23-10-4-11-24-39)34-18-8-9-19-35(34)41-27-29-43-2)15-14-20-37-40(25-12-5-13-26-40)38-33-17-7-6-16-32(33)21-22-36(38)42(37)28-30-44-3/h6-9,14-22,41H,1,4-5,10-13,23-30H2,2-3H3/p+1/b15-14+,37-20+. The molecule has 4 heteroatoms. The highest BCUT2D eigenvalue weighted by atomic mass is 16.5. The molecular formula is C40H51N2O2+. The van der Waals surface area contributed by atoms with Crippen molar-refractivity contribution in [1.82, 2.24) is 0 Å². The van der Waals surface area contributed by atoms with Gasteiger partial charge in [-0.2, -0.15) is 0 Å². The van der Waals surface area contributed by atoms with Crippen molar-refractivity contribution in [2.45, 2.75) is 75.0 Å². The van der Waals surface area contributed by atoms with Crippen LogP contribution in [-0.2, 0) is 20.3 Å². The highest BCUT2D eigenvalue weighted by molar-refractivity contribution is 5.95. The molecule has 0 amide bonds. The summed E-state index contributed by atoms with van der Waals surface area (Å²) in [6, 6.07) is 22.7. The van der Waals surface area contributed by atoms with E-state index in [-0.39, 0.29) is 10.8 Å². The third kappa shape index (κ3) is 5.69. The molecule has 0 saturated heterocycles. The largest absolute Gasteiger partial charge is 0.383 e. The zero-order valence-corrected chi connectivity index (χ0v) is 27.0. The number of allylic oxidation sites excluding steroid dienone is 5. The minimum atomic E-state index is -0.0273. The first kappa shape index (κ1) is 30.8. The molecule has 0 radical (unpaired) electrons. The van der Waals surface area contributed by atoms with Gasteiger partial charge in [-0.25, -0.2) is 0 Å². The van der Waals surface area contributed by atoms with Crippen LogP contribution < -0.4 is 10.2 Å². The van der Waals surface area contributed by atoms with Crippen LogP contribution in [0.5, 0.6) is 0 Å². The van der Waals surface area contributed by atoms with Crippen molar-refractivity contribution in [2.75, 3.05) is 45.4 Å². The minimum Gasteiger partial charge on any atom is -0.383 e. The molecule has 0 atom stereocenters. The molecule has 1 aliphatic heterocycles. The number of hydrogen-bond donors (Lipinski definition) is 1. The lowest BCUT2D eigenvalue weighted by atomic mass is 9.64. The second-order valence-electron chi connectivity index (χ2n) is 13.1. The average Bonchev–Trinajstić information content (AvgIpc) is 3.32. The van der Waals surface area contributed by atoms with Crippen molar-refractivity contribution < 1.29 is 14.8 Å². The Kier molecular flexibility index (Phi) is 9.71. The fraction of sp³-hybridized carbons (Fsp3) is 0.450. The van der Waals surface area contributed by atoms with Gasteiger partial charge in [0.25, 0.3) is 0 Å². The topological polar surface area (TPSA) is 38.3 Å². The van der Waals surface area contributed by atoms with E-state index >= 15 is 0 Å². The zero-order chi connectivity index (χ0) is 30.4. The molecule has 44 heavy (non-hydrogen) atoms. The number of quaternary nitrogens is 1. The first-order valence-corrected chi connectivity index (χ1v) is 16.9. The van der Waals surface area contributed by atoms with E-state index in [9.17, 15) is 0 Å². The van der Waals surface area contributed by atoms with Gasteiger partial charge in [-0.3, -0.25) is 0 Å². The third-order valence-electron chi connectivity index (χ3n) is 10.7. The van der Waals surface area contributed by atoms with Crippen LogP contribution in [0.25, 0.3) is 10.8 Å². The average molecular weight is 592 g/mol. The van der Waals surface area contributed by atoms with Crippen LogP contribution in [0.4, 0.5) is 11.4 Å². The zero-order valence-electron chi connectivity index (χ0n) is 27.0. The first-order chi connectivity index (χ1) is 21.6. The highest BCUT2D eigenvalue weighted by Gasteiger charge is 2.48. The Hall–Kier alpha value is -3.18. The molecule has 1 heterocycles. The number of methoxy groups -OCH3 is 2. The Labute approximate surface area is 264 Å². The van der Waals surface area contributed by atoms with Gasteiger partial charge in [0.1, 0.15) is 12.2 Å². The quantitative estimate of drug-likeness (QED) is 0.139. The van der Waals surface area contributed by atoms with Gasteiger partial charge in [-0.05, 0) is 65.8 Å². The summed E-state index contributed by atoms with van der Waals surface area (Å²) in [6.07, 6.45) is 19.5. The summed E-state index contributed by atoms with van der Waals surface area (Å²) in [4.78, 5) is 2.57. The Morgan fingerprint density at radius 1 is 0.841 bits per heavy atom. The van der Waals surface area contributed by atoms with Crippen molar-refractivity contribution in [3.8, 4) is 0 Å². The SMILES string of the molecule is C=C(/C=C/C=C1/N(CCOC)c2ccc3ccccc3c2C12CCCCC2)C1(c2ccccc2[NH2+]CCOC)CCCCC1. The summed E-state index contributed by atoms with van der Waals surface area (Å²) in [5.41, 5.74) is 8.37. The molecule has 3 aromatic rings. The van der Waals surface area contributed by atoms with E-state index in [1.165, 1.54) is 95.9 Å². The van der Waals surface area contributed by atoms with Gasteiger partial charge in [-0.15, -0.1) is 0 Å². The lowest BCUT2D eigenvalue weighted by Crippen LogP contribution is -2.79. The Balaban J connectivity index is 1.40. The van der Waals surface area contributed by atoms with E-state index in [0.29, 0.717) is 6.61 Å². The Morgan fingerprint density at radius 3 is 2.32 bits per heavy atom. The molecular weight excluding hydrogens is 540 g/mol. The van der Waals surface area contributed by atoms with Crippen LogP contribution in [0.2, 0.25) is 0 Å². The van der Waals surface area contributed by atoms with Crippen LogP contribution in [0.1, 0.15) is 75.3 Å².